The number of aliphatic hydroxyl groups excluding tert-OH is 1. The van der Waals surface area contributed by atoms with Gasteiger partial charge in [-0.3, -0.25) is 4.79 Å². The van der Waals surface area contributed by atoms with Crippen LogP contribution in [0, 0.1) is 20.8 Å². The van der Waals surface area contributed by atoms with E-state index in [1.165, 1.54) is 0 Å². The van der Waals surface area contributed by atoms with Gasteiger partial charge >= 0.3 is 5.63 Å². The molecule has 2 heterocycles. The molecule has 0 fully saturated rings. The van der Waals surface area contributed by atoms with Crippen LogP contribution < -0.4 is 10.9 Å². The van der Waals surface area contributed by atoms with Gasteiger partial charge in [-0.1, -0.05) is 30.3 Å². The zero-order chi connectivity index (χ0) is 21.4. The molecule has 2 aromatic carbocycles. The number of rotatable bonds is 5. The molecule has 1 amide bonds. The second kappa shape index (κ2) is 7.80. The Bertz CT molecular complexity index is 1300. The SMILES string of the molecule is Cc1coc2c1c(C)cc1oc(=O)c(CC(=O)NCC(O)c3ccccc3)c(C)c12. The summed E-state index contributed by atoms with van der Waals surface area (Å²) in [5, 5.41) is 14.6. The van der Waals surface area contributed by atoms with E-state index in [2.05, 4.69) is 5.32 Å². The predicted molar refractivity (Wildman–Crippen MR) is 115 cm³/mol. The molecular formula is C24H23NO5. The minimum atomic E-state index is -0.821. The third-order valence-electron chi connectivity index (χ3n) is 5.48. The number of carbonyl (C=O) groups excluding carboxylic acids is 1. The van der Waals surface area contributed by atoms with E-state index in [9.17, 15) is 14.7 Å². The van der Waals surface area contributed by atoms with Crippen molar-refractivity contribution in [2.45, 2.75) is 33.3 Å². The first-order chi connectivity index (χ1) is 14.4. The zero-order valence-electron chi connectivity index (χ0n) is 17.1. The summed E-state index contributed by atoms with van der Waals surface area (Å²) in [6.07, 6.45) is 0.720. The van der Waals surface area contributed by atoms with Crippen LogP contribution in [0.3, 0.4) is 0 Å². The highest BCUT2D eigenvalue weighted by Crippen LogP contribution is 2.34. The molecule has 4 aromatic rings. The number of carbonyl (C=O) groups is 1. The first-order valence-corrected chi connectivity index (χ1v) is 9.80. The molecule has 1 unspecified atom stereocenters. The highest BCUT2D eigenvalue weighted by atomic mass is 16.4. The minimum absolute atomic E-state index is 0.0572. The second-order valence-electron chi connectivity index (χ2n) is 7.59. The fourth-order valence-corrected chi connectivity index (χ4v) is 3.90. The van der Waals surface area contributed by atoms with Crippen molar-refractivity contribution in [2.75, 3.05) is 6.54 Å². The van der Waals surface area contributed by atoms with Gasteiger partial charge in [0, 0.05) is 11.9 Å². The summed E-state index contributed by atoms with van der Waals surface area (Å²) in [5.41, 5.74) is 4.19. The molecule has 0 aliphatic rings. The summed E-state index contributed by atoms with van der Waals surface area (Å²) in [5.74, 6) is -0.362. The van der Waals surface area contributed by atoms with Crippen LogP contribution in [0.2, 0.25) is 0 Å². The number of aliphatic hydroxyl groups is 1. The first-order valence-electron chi connectivity index (χ1n) is 9.80. The summed E-state index contributed by atoms with van der Waals surface area (Å²) >= 11 is 0. The van der Waals surface area contributed by atoms with Gasteiger partial charge in [-0.25, -0.2) is 4.79 Å². The molecule has 1 atom stereocenters. The summed E-state index contributed by atoms with van der Waals surface area (Å²) < 4.78 is 11.3. The number of aryl methyl sites for hydroxylation is 3. The topological polar surface area (TPSA) is 92.7 Å². The molecule has 0 aliphatic carbocycles. The van der Waals surface area contributed by atoms with Crippen molar-refractivity contribution < 1.29 is 18.7 Å². The van der Waals surface area contributed by atoms with Crippen LogP contribution in [-0.4, -0.2) is 17.6 Å². The normalized spacial score (nSPS) is 12.4. The van der Waals surface area contributed by atoms with Crippen molar-refractivity contribution in [2.24, 2.45) is 0 Å². The predicted octanol–water partition coefficient (Wildman–Crippen LogP) is 3.86. The van der Waals surface area contributed by atoms with Crippen molar-refractivity contribution >= 4 is 27.8 Å². The Morgan fingerprint density at radius 2 is 1.83 bits per heavy atom. The largest absolute Gasteiger partial charge is 0.463 e. The van der Waals surface area contributed by atoms with Crippen molar-refractivity contribution in [3.05, 3.63) is 80.9 Å². The van der Waals surface area contributed by atoms with Gasteiger partial charge in [0.1, 0.15) is 11.2 Å². The molecule has 0 saturated carbocycles. The maximum Gasteiger partial charge on any atom is 0.340 e. The lowest BCUT2D eigenvalue weighted by molar-refractivity contribution is -0.120. The summed E-state index contributed by atoms with van der Waals surface area (Å²) in [7, 11) is 0. The van der Waals surface area contributed by atoms with Crippen LogP contribution in [0.5, 0.6) is 0 Å². The minimum Gasteiger partial charge on any atom is -0.463 e. The first kappa shape index (κ1) is 19.9. The Hall–Kier alpha value is -3.38. The monoisotopic (exact) mass is 405 g/mol. The van der Waals surface area contributed by atoms with Gasteiger partial charge in [0.05, 0.1) is 29.7 Å². The number of hydrogen-bond acceptors (Lipinski definition) is 5. The van der Waals surface area contributed by atoms with Gasteiger partial charge in [0.15, 0.2) is 0 Å². The van der Waals surface area contributed by atoms with Gasteiger partial charge in [-0.15, -0.1) is 0 Å². The average molecular weight is 405 g/mol. The van der Waals surface area contributed by atoms with Gasteiger partial charge in [0.2, 0.25) is 5.91 Å². The summed E-state index contributed by atoms with van der Waals surface area (Å²) in [6, 6.07) is 10.9. The maximum absolute atomic E-state index is 12.6. The fourth-order valence-electron chi connectivity index (χ4n) is 3.90. The van der Waals surface area contributed by atoms with Crippen molar-refractivity contribution in [1.82, 2.24) is 5.32 Å². The molecule has 2 N–H and O–H groups in total. The number of benzene rings is 2. The number of furan rings is 1. The summed E-state index contributed by atoms with van der Waals surface area (Å²) in [6.45, 7) is 5.76. The lowest BCUT2D eigenvalue weighted by Crippen LogP contribution is -2.31. The van der Waals surface area contributed by atoms with Crippen LogP contribution in [0.4, 0.5) is 0 Å². The Balaban J connectivity index is 1.62. The van der Waals surface area contributed by atoms with E-state index in [0.717, 1.165) is 16.5 Å². The van der Waals surface area contributed by atoms with Crippen LogP contribution in [0.1, 0.15) is 33.9 Å². The second-order valence-corrected chi connectivity index (χ2v) is 7.59. The quantitative estimate of drug-likeness (QED) is 0.492. The Kier molecular flexibility index (Phi) is 5.18. The van der Waals surface area contributed by atoms with Crippen molar-refractivity contribution in [3.8, 4) is 0 Å². The molecule has 6 heteroatoms. The van der Waals surface area contributed by atoms with Gasteiger partial charge in [-0.05, 0) is 49.1 Å². The number of hydrogen-bond donors (Lipinski definition) is 2. The third-order valence-corrected chi connectivity index (χ3v) is 5.48. The zero-order valence-corrected chi connectivity index (χ0v) is 17.1. The van der Waals surface area contributed by atoms with E-state index in [-0.39, 0.29) is 24.4 Å². The smallest absolute Gasteiger partial charge is 0.340 e. The van der Waals surface area contributed by atoms with E-state index >= 15 is 0 Å². The fraction of sp³-hybridized carbons (Fsp3) is 0.250. The van der Waals surface area contributed by atoms with Crippen LogP contribution >= 0.6 is 0 Å². The Labute approximate surface area is 173 Å². The van der Waals surface area contributed by atoms with E-state index < -0.39 is 11.7 Å². The van der Waals surface area contributed by atoms with E-state index in [4.69, 9.17) is 8.83 Å². The van der Waals surface area contributed by atoms with E-state index in [1.54, 1.807) is 25.3 Å². The standard InChI is InChI=1S/C24H23NO5/c1-13-9-19-22(23-21(13)14(2)12-29-23)15(3)17(24(28)30-19)10-20(27)25-11-18(26)16-7-5-4-6-8-16/h4-9,12,18,26H,10-11H2,1-3H3,(H,25,27). The molecule has 4 rings (SSSR count). The molecule has 6 nitrogen and oxygen atoms in total. The molecule has 0 aliphatic heterocycles. The molecule has 154 valence electrons. The van der Waals surface area contributed by atoms with Crippen molar-refractivity contribution in [3.63, 3.8) is 0 Å². The molecule has 30 heavy (non-hydrogen) atoms. The highest BCUT2D eigenvalue weighted by molar-refractivity contribution is 6.07. The lowest BCUT2D eigenvalue weighted by atomic mass is 9.98. The molecule has 2 aromatic heterocycles. The molecule has 0 bridgehead atoms. The molecule has 0 spiro atoms. The van der Waals surface area contributed by atoms with Crippen LogP contribution in [0.15, 0.2) is 56.3 Å². The lowest BCUT2D eigenvalue weighted by Gasteiger charge is -2.13. The van der Waals surface area contributed by atoms with Crippen molar-refractivity contribution in [1.29, 1.82) is 0 Å². The summed E-state index contributed by atoms with van der Waals surface area (Å²) in [4.78, 5) is 25.1. The average Bonchev–Trinajstić information content (AvgIpc) is 3.11. The van der Waals surface area contributed by atoms with Crippen LogP contribution in [0.25, 0.3) is 21.9 Å². The molecule has 0 saturated heterocycles. The van der Waals surface area contributed by atoms with E-state index in [1.807, 2.05) is 38.1 Å². The number of fused-ring (bicyclic) bond motifs is 3. The number of nitrogens with one attached hydrogen (secondary N) is 1. The van der Waals surface area contributed by atoms with Gasteiger partial charge in [-0.2, -0.15) is 0 Å². The number of amides is 1. The van der Waals surface area contributed by atoms with Crippen LogP contribution in [-0.2, 0) is 11.2 Å². The molecule has 0 radical (unpaired) electrons. The Morgan fingerprint density at radius 3 is 2.57 bits per heavy atom. The highest BCUT2D eigenvalue weighted by Gasteiger charge is 2.20. The maximum atomic E-state index is 12.6. The molecular weight excluding hydrogens is 382 g/mol. The third kappa shape index (κ3) is 3.50. The Morgan fingerprint density at radius 1 is 1.10 bits per heavy atom. The van der Waals surface area contributed by atoms with E-state index in [0.29, 0.717) is 27.7 Å². The van der Waals surface area contributed by atoms with Gasteiger partial charge in [0.25, 0.3) is 0 Å². The van der Waals surface area contributed by atoms with Gasteiger partial charge < -0.3 is 19.3 Å².